The molecule has 1 atom stereocenters. The van der Waals surface area contributed by atoms with E-state index in [1.165, 1.54) is 5.39 Å². The van der Waals surface area contributed by atoms with Gasteiger partial charge in [-0.3, -0.25) is 4.98 Å². The smallest absolute Gasteiger partial charge is 0.160 e. The molecule has 3 aromatic heterocycles. The molecule has 6 nitrogen and oxygen atoms in total. The van der Waals surface area contributed by atoms with Crippen LogP contribution in [0.5, 0.6) is 0 Å². The van der Waals surface area contributed by atoms with Gasteiger partial charge in [0.05, 0.1) is 5.39 Å². The van der Waals surface area contributed by atoms with Gasteiger partial charge >= 0.3 is 0 Å². The summed E-state index contributed by atoms with van der Waals surface area (Å²) in [6, 6.07) is 52.3. The summed E-state index contributed by atoms with van der Waals surface area (Å²) in [4.78, 5) is 15.3. The lowest BCUT2D eigenvalue weighted by molar-refractivity contribution is 0.667. The molecule has 52 heavy (non-hydrogen) atoms. The van der Waals surface area contributed by atoms with Crippen molar-refractivity contribution in [3.8, 4) is 11.1 Å². The normalized spacial score (nSPS) is 14.7. The number of fused-ring (bicyclic) bond motifs is 8. The molecular weight excluding hydrogens is 641 g/mol. The van der Waals surface area contributed by atoms with E-state index in [1.807, 2.05) is 42.5 Å². The second kappa shape index (κ2) is 11.2. The van der Waals surface area contributed by atoms with Crippen LogP contribution in [-0.2, 0) is 0 Å². The van der Waals surface area contributed by atoms with Gasteiger partial charge in [0.1, 0.15) is 34.3 Å². The van der Waals surface area contributed by atoms with E-state index in [-0.39, 0.29) is 0 Å². The number of benzene rings is 7. The summed E-state index contributed by atoms with van der Waals surface area (Å²) in [5.74, 6) is 1.37. The van der Waals surface area contributed by atoms with Crippen molar-refractivity contribution in [3.05, 3.63) is 175 Å². The lowest BCUT2D eigenvalue weighted by Crippen LogP contribution is -2.33. The summed E-state index contributed by atoms with van der Waals surface area (Å²) in [5.41, 5.74) is 9.21. The molecule has 0 fully saturated rings. The number of pyridine rings is 1. The van der Waals surface area contributed by atoms with Crippen LogP contribution in [0.25, 0.3) is 76.7 Å². The second-order valence-electron chi connectivity index (χ2n) is 13.2. The van der Waals surface area contributed by atoms with Crippen LogP contribution >= 0.6 is 0 Å². The van der Waals surface area contributed by atoms with Gasteiger partial charge in [-0.1, -0.05) is 115 Å². The topological polar surface area (TPSA) is 75.9 Å². The van der Waals surface area contributed by atoms with Gasteiger partial charge in [0.25, 0.3) is 0 Å². The van der Waals surface area contributed by atoms with E-state index in [0.717, 1.165) is 93.8 Å². The Hall–Kier alpha value is -7.05. The standard InChI is InChI=1S/C46H28N4O2/c1-2-11-28-26-29(22-21-27(28)10-1)44-48-45(50-46(49-44)36-16-8-19-39-42(36)43-40(52-39)20-9-25-47-43)34-24-23-32(30-12-3-4-13-31(30)34)33-15-7-18-38-41(33)35-14-5-6-17-37(35)51-38/h1-26,44H,(H,48,49,50). The molecule has 10 aromatic rings. The molecule has 0 saturated heterocycles. The number of aliphatic imine (C=N–C) groups is 2. The molecule has 0 spiro atoms. The first-order valence-corrected chi connectivity index (χ1v) is 17.4. The van der Waals surface area contributed by atoms with Crippen molar-refractivity contribution in [2.24, 2.45) is 9.98 Å². The molecule has 4 heterocycles. The van der Waals surface area contributed by atoms with Crippen molar-refractivity contribution in [2.75, 3.05) is 0 Å². The maximum atomic E-state index is 6.28. The predicted octanol–water partition coefficient (Wildman–Crippen LogP) is 11.3. The first-order chi connectivity index (χ1) is 25.8. The van der Waals surface area contributed by atoms with E-state index >= 15 is 0 Å². The van der Waals surface area contributed by atoms with Crippen LogP contribution < -0.4 is 5.32 Å². The summed E-state index contributed by atoms with van der Waals surface area (Å²) in [6.45, 7) is 0. The molecule has 244 valence electrons. The summed E-state index contributed by atoms with van der Waals surface area (Å²) in [5, 5.41) is 11.4. The van der Waals surface area contributed by atoms with Crippen LogP contribution in [0.2, 0.25) is 0 Å². The molecule has 1 unspecified atom stereocenters. The number of para-hydroxylation sites is 1. The zero-order valence-electron chi connectivity index (χ0n) is 27.7. The minimum Gasteiger partial charge on any atom is -0.456 e. The van der Waals surface area contributed by atoms with Crippen LogP contribution in [0, 0.1) is 0 Å². The molecule has 1 aliphatic rings. The highest BCUT2D eigenvalue weighted by atomic mass is 16.3. The second-order valence-corrected chi connectivity index (χ2v) is 13.2. The molecule has 0 saturated carbocycles. The number of amidine groups is 2. The van der Waals surface area contributed by atoms with Gasteiger partial charge < -0.3 is 14.2 Å². The molecule has 0 aliphatic carbocycles. The number of furan rings is 2. The van der Waals surface area contributed by atoms with Gasteiger partial charge in [-0.15, -0.1) is 0 Å². The van der Waals surface area contributed by atoms with Crippen LogP contribution in [-0.4, -0.2) is 16.7 Å². The Balaban J connectivity index is 1.13. The van der Waals surface area contributed by atoms with E-state index in [4.69, 9.17) is 23.8 Å². The van der Waals surface area contributed by atoms with Crippen molar-refractivity contribution in [2.45, 2.75) is 6.17 Å². The Morgan fingerprint density at radius 1 is 0.481 bits per heavy atom. The lowest BCUT2D eigenvalue weighted by Gasteiger charge is -2.25. The van der Waals surface area contributed by atoms with Gasteiger partial charge in [0.15, 0.2) is 11.4 Å². The minimum atomic E-state index is -0.391. The van der Waals surface area contributed by atoms with Gasteiger partial charge in [-0.25, -0.2) is 9.98 Å². The Morgan fingerprint density at radius 3 is 2.04 bits per heavy atom. The third-order valence-electron chi connectivity index (χ3n) is 10.2. The zero-order chi connectivity index (χ0) is 34.2. The Bertz CT molecular complexity index is 3130. The fraction of sp³-hybridized carbons (Fsp3) is 0.0217. The quantitative estimate of drug-likeness (QED) is 0.202. The van der Waals surface area contributed by atoms with Crippen molar-refractivity contribution in [1.82, 2.24) is 10.3 Å². The number of aromatic nitrogens is 1. The highest BCUT2D eigenvalue weighted by molar-refractivity contribution is 6.24. The summed E-state index contributed by atoms with van der Waals surface area (Å²) >= 11 is 0. The fourth-order valence-electron chi connectivity index (χ4n) is 7.82. The Kier molecular flexibility index (Phi) is 6.21. The highest BCUT2D eigenvalue weighted by Crippen LogP contribution is 2.40. The van der Waals surface area contributed by atoms with E-state index in [9.17, 15) is 0 Å². The number of nitrogens with one attached hydrogen (secondary N) is 1. The van der Waals surface area contributed by atoms with Crippen LogP contribution in [0.3, 0.4) is 0 Å². The third kappa shape index (κ3) is 4.41. The number of rotatable bonds is 4. The van der Waals surface area contributed by atoms with Crippen LogP contribution in [0.1, 0.15) is 22.9 Å². The fourth-order valence-corrected chi connectivity index (χ4v) is 7.82. The van der Waals surface area contributed by atoms with Gasteiger partial charge in [-0.2, -0.15) is 0 Å². The maximum absolute atomic E-state index is 6.28. The molecule has 0 amide bonds. The molecule has 6 heteroatoms. The van der Waals surface area contributed by atoms with E-state index in [2.05, 4.69) is 115 Å². The van der Waals surface area contributed by atoms with Crippen LogP contribution in [0.15, 0.2) is 177 Å². The summed E-state index contributed by atoms with van der Waals surface area (Å²) in [7, 11) is 0. The highest BCUT2D eigenvalue weighted by Gasteiger charge is 2.26. The molecule has 1 N–H and O–H groups in total. The Labute approximate surface area is 297 Å². The van der Waals surface area contributed by atoms with Crippen molar-refractivity contribution in [3.63, 3.8) is 0 Å². The average Bonchev–Trinajstić information content (AvgIpc) is 3.79. The van der Waals surface area contributed by atoms with E-state index in [0.29, 0.717) is 5.84 Å². The molecule has 7 aromatic carbocycles. The molecular formula is C46H28N4O2. The number of hydrogen-bond acceptors (Lipinski definition) is 6. The summed E-state index contributed by atoms with van der Waals surface area (Å²) < 4.78 is 12.5. The van der Waals surface area contributed by atoms with Gasteiger partial charge in [0.2, 0.25) is 0 Å². The summed E-state index contributed by atoms with van der Waals surface area (Å²) in [6.07, 6.45) is 1.41. The van der Waals surface area contributed by atoms with Crippen molar-refractivity contribution >= 4 is 77.2 Å². The molecule has 0 radical (unpaired) electrons. The lowest BCUT2D eigenvalue weighted by atomic mass is 9.92. The van der Waals surface area contributed by atoms with E-state index < -0.39 is 6.17 Å². The molecule has 0 bridgehead atoms. The minimum absolute atomic E-state index is 0.391. The van der Waals surface area contributed by atoms with Crippen molar-refractivity contribution < 1.29 is 8.83 Å². The van der Waals surface area contributed by atoms with E-state index in [1.54, 1.807) is 6.20 Å². The average molecular weight is 669 g/mol. The molecule has 11 rings (SSSR count). The third-order valence-corrected chi connectivity index (χ3v) is 10.2. The Morgan fingerprint density at radius 2 is 1.15 bits per heavy atom. The number of nitrogens with zero attached hydrogens (tertiary/aromatic N) is 3. The van der Waals surface area contributed by atoms with Crippen molar-refractivity contribution in [1.29, 1.82) is 0 Å². The SMILES string of the molecule is c1ccc2cc(C3N=C(c4cccc5oc6cccnc6c45)N=C(c4ccc(-c5cccc6oc7ccccc7c56)c5ccccc45)N3)ccc2c1. The molecule has 1 aliphatic heterocycles. The number of hydrogen-bond donors (Lipinski definition) is 1. The zero-order valence-corrected chi connectivity index (χ0v) is 27.7. The monoisotopic (exact) mass is 668 g/mol. The first-order valence-electron chi connectivity index (χ1n) is 17.4. The predicted molar refractivity (Wildman–Crippen MR) is 211 cm³/mol. The van der Waals surface area contributed by atoms with Crippen LogP contribution in [0.4, 0.5) is 0 Å². The largest absolute Gasteiger partial charge is 0.456 e. The van der Waals surface area contributed by atoms with Gasteiger partial charge in [0, 0.05) is 28.1 Å². The maximum Gasteiger partial charge on any atom is 0.160 e. The van der Waals surface area contributed by atoms with Gasteiger partial charge in [-0.05, 0) is 74.6 Å². The first kappa shape index (κ1) is 28.8.